The van der Waals surface area contributed by atoms with Crippen LogP contribution in [0.3, 0.4) is 0 Å². The highest BCUT2D eigenvalue weighted by molar-refractivity contribution is 9.10. The number of carbonyl (C=O) groups is 1. The molecule has 0 spiro atoms. The van der Waals surface area contributed by atoms with Crippen molar-refractivity contribution < 1.29 is 22.7 Å². The average molecular weight is 588 g/mol. The number of ether oxygens (including phenoxy) is 2. The van der Waals surface area contributed by atoms with Crippen molar-refractivity contribution in [2.24, 2.45) is 4.40 Å². The van der Waals surface area contributed by atoms with Crippen molar-refractivity contribution in [3.05, 3.63) is 93.3 Å². The quantitative estimate of drug-likeness (QED) is 0.314. The summed E-state index contributed by atoms with van der Waals surface area (Å²) in [5.41, 5.74) is 1.74. The normalized spacial score (nSPS) is 16.1. The van der Waals surface area contributed by atoms with Crippen LogP contribution < -0.4 is 9.47 Å². The van der Waals surface area contributed by atoms with E-state index in [0.717, 1.165) is 21.8 Å². The van der Waals surface area contributed by atoms with Gasteiger partial charge in [-0.15, -0.1) is 4.40 Å². The molecule has 1 amide bonds. The Balaban J connectivity index is 1.57. The predicted molar refractivity (Wildman–Crippen MR) is 145 cm³/mol. The third-order valence-electron chi connectivity index (χ3n) is 5.24. The van der Waals surface area contributed by atoms with Crippen LogP contribution in [0.5, 0.6) is 11.5 Å². The molecule has 0 aromatic heterocycles. The monoisotopic (exact) mass is 586 g/mol. The van der Waals surface area contributed by atoms with Gasteiger partial charge in [0.25, 0.3) is 15.9 Å². The molecular weight excluding hydrogens is 564 g/mol. The maximum Gasteiger partial charge on any atom is 0.284 e. The van der Waals surface area contributed by atoms with Gasteiger partial charge in [0.15, 0.2) is 16.7 Å². The van der Waals surface area contributed by atoms with E-state index >= 15 is 0 Å². The first-order valence-corrected chi connectivity index (χ1v) is 14.0. The Morgan fingerprint density at radius 2 is 1.75 bits per heavy atom. The molecule has 0 radical (unpaired) electrons. The van der Waals surface area contributed by atoms with E-state index in [9.17, 15) is 13.2 Å². The number of rotatable bonds is 8. The summed E-state index contributed by atoms with van der Waals surface area (Å²) in [4.78, 5) is 14.8. The Labute approximate surface area is 223 Å². The fourth-order valence-electron chi connectivity index (χ4n) is 3.40. The van der Waals surface area contributed by atoms with Crippen molar-refractivity contribution in [2.75, 3.05) is 13.7 Å². The molecule has 7 nitrogen and oxygen atoms in total. The SMILES string of the molecule is CCN1C(=O)C(=Cc2ccc(OCc3ccccc3)c(OC)c2)SC1=NS(=O)(=O)c1ccc(Br)cc1. The second kappa shape index (κ2) is 11.3. The molecule has 0 saturated carbocycles. The molecule has 3 aromatic carbocycles. The van der Waals surface area contributed by atoms with Crippen molar-refractivity contribution in [1.82, 2.24) is 4.90 Å². The Morgan fingerprint density at radius 3 is 2.42 bits per heavy atom. The van der Waals surface area contributed by atoms with Gasteiger partial charge in [0.05, 0.1) is 16.9 Å². The fraction of sp³-hybridized carbons (Fsp3) is 0.154. The van der Waals surface area contributed by atoms with Gasteiger partial charge in [-0.1, -0.05) is 52.3 Å². The zero-order valence-corrected chi connectivity index (χ0v) is 22.8. The standard InChI is InChI=1S/C26H23BrN2O5S2/c1-3-29-25(30)24(35-26(29)28-36(31,32)21-12-10-20(27)11-13-21)16-19-9-14-22(23(15-19)33-2)34-17-18-7-5-4-6-8-18/h4-16H,3,17H2,1-2H3. The largest absolute Gasteiger partial charge is 0.493 e. The van der Waals surface area contributed by atoms with E-state index in [1.165, 1.54) is 17.0 Å². The molecule has 1 aliphatic heterocycles. The summed E-state index contributed by atoms with van der Waals surface area (Å²) in [6, 6.07) is 21.3. The number of likely N-dealkylation sites (N-methyl/N-ethyl adjacent to an activating group) is 1. The summed E-state index contributed by atoms with van der Waals surface area (Å²) in [7, 11) is -2.43. The van der Waals surface area contributed by atoms with Gasteiger partial charge >= 0.3 is 0 Å². The van der Waals surface area contributed by atoms with Gasteiger partial charge in [-0.05, 0) is 72.3 Å². The van der Waals surface area contributed by atoms with Gasteiger partial charge in [0, 0.05) is 11.0 Å². The molecule has 1 heterocycles. The number of methoxy groups -OCH3 is 1. The lowest BCUT2D eigenvalue weighted by Crippen LogP contribution is -2.29. The average Bonchev–Trinajstić information content (AvgIpc) is 3.16. The van der Waals surface area contributed by atoms with E-state index in [2.05, 4.69) is 20.3 Å². The van der Waals surface area contributed by atoms with Crippen molar-refractivity contribution in [3.63, 3.8) is 0 Å². The lowest BCUT2D eigenvalue weighted by atomic mass is 10.1. The van der Waals surface area contributed by atoms with Gasteiger partial charge in [-0.3, -0.25) is 9.69 Å². The summed E-state index contributed by atoms with van der Waals surface area (Å²) in [6.07, 6.45) is 1.69. The molecule has 0 atom stereocenters. The van der Waals surface area contributed by atoms with Crippen molar-refractivity contribution in [3.8, 4) is 11.5 Å². The summed E-state index contributed by atoms with van der Waals surface area (Å²) < 4.78 is 41.7. The zero-order chi connectivity index (χ0) is 25.7. The summed E-state index contributed by atoms with van der Waals surface area (Å²) >= 11 is 4.31. The molecule has 186 valence electrons. The van der Waals surface area contributed by atoms with Crippen LogP contribution in [0, 0.1) is 0 Å². The van der Waals surface area contributed by atoms with Crippen LogP contribution in [0.2, 0.25) is 0 Å². The number of hydrogen-bond donors (Lipinski definition) is 0. The maximum atomic E-state index is 13.0. The van der Waals surface area contributed by atoms with Gasteiger partial charge in [-0.25, -0.2) is 0 Å². The lowest BCUT2D eigenvalue weighted by molar-refractivity contribution is -0.122. The summed E-state index contributed by atoms with van der Waals surface area (Å²) in [6.45, 7) is 2.45. The Kier molecular flexibility index (Phi) is 8.17. The number of hydrogen-bond acceptors (Lipinski definition) is 6. The molecule has 1 saturated heterocycles. The first-order chi connectivity index (χ1) is 17.3. The Morgan fingerprint density at radius 1 is 1.03 bits per heavy atom. The number of thioether (sulfide) groups is 1. The van der Waals surface area contributed by atoms with Crippen LogP contribution in [0.4, 0.5) is 0 Å². The predicted octanol–water partition coefficient (Wildman–Crippen LogP) is 5.72. The van der Waals surface area contributed by atoms with Crippen LogP contribution in [0.15, 0.2) is 91.5 Å². The van der Waals surface area contributed by atoms with Crippen molar-refractivity contribution in [1.29, 1.82) is 0 Å². The highest BCUT2D eigenvalue weighted by Gasteiger charge is 2.34. The molecule has 0 bridgehead atoms. The van der Waals surface area contributed by atoms with E-state index in [0.29, 0.717) is 28.6 Å². The van der Waals surface area contributed by atoms with Crippen molar-refractivity contribution in [2.45, 2.75) is 18.4 Å². The highest BCUT2D eigenvalue weighted by atomic mass is 79.9. The second-order valence-corrected chi connectivity index (χ2v) is 11.2. The minimum atomic E-state index is -3.98. The van der Waals surface area contributed by atoms with Crippen LogP contribution in [0.25, 0.3) is 6.08 Å². The van der Waals surface area contributed by atoms with E-state index in [1.807, 2.05) is 36.4 Å². The third kappa shape index (κ3) is 6.00. The highest BCUT2D eigenvalue weighted by Crippen LogP contribution is 2.35. The smallest absolute Gasteiger partial charge is 0.284 e. The number of amides is 1. The minimum Gasteiger partial charge on any atom is -0.493 e. The van der Waals surface area contributed by atoms with Gasteiger partial charge < -0.3 is 9.47 Å². The maximum absolute atomic E-state index is 13.0. The molecule has 3 aromatic rings. The molecule has 4 rings (SSSR count). The van der Waals surface area contributed by atoms with Crippen LogP contribution in [-0.2, 0) is 21.4 Å². The van der Waals surface area contributed by atoms with E-state index in [-0.39, 0.29) is 22.5 Å². The van der Waals surface area contributed by atoms with Crippen LogP contribution >= 0.6 is 27.7 Å². The number of nitrogens with zero attached hydrogens (tertiary/aromatic N) is 2. The number of benzene rings is 3. The van der Waals surface area contributed by atoms with E-state index in [4.69, 9.17) is 9.47 Å². The molecule has 1 aliphatic rings. The van der Waals surface area contributed by atoms with Gasteiger partial charge in [-0.2, -0.15) is 8.42 Å². The van der Waals surface area contributed by atoms with Crippen LogP contribution in [0.1, 0.15) is 18.1 Å². The van der Waals surface area contributed by atoms with Gasteiger partial charge in [0.1, 0.15) is 6.61 Å². The fourth-order valence-corrected chi connectivity index (χ4v) is 5.91. The molecular formula is C26H23BrN2O5S2. The topological polar surface area (TPSA) is 85.3 Å². The molecule has 0 aliphatic carbocycles. The minimum absolute atomic E-state index is 0.0514. The first kappa shape index (κ1) is 26.0. The van der Waals surface area contributed by atoms with E-state index < -0.39 is 10.0 Å². The number of amidine groups is 1. The Bertz CT molecular complexity index is 1420. The van der Waals surface area contributed by atoms with Crippen LogP contribution in [-0.4, -0.2) is 38.0 Å². The molecule has 10 heteroatoms. The van der Waals surface area contributed by atoms with Crippen molar-refractivity contribution >= 4 is 54.9 Å². The summed E-state index contributed by atoms with van der Waals surface area (Å²) in [5, 5.41) is 0.117. The lowest BCUT2D eigenvalue weighted by Gasteiger charge is -2.12. The zero-order valence-electron chi connectivity index (χ0n) is 19.5. The molecule has 0 N–H and O–H groups in total. The number of sulfonamides is 1. The molecule has 1 fully saturated rings. The van der Waals surface area contributed by atoms with E-state index in [1.54, 1.807) is 44.4 Å². The third-order valence-corrected chi connectivity index (χ3v) is 8.17. The van der Waals surface area contributed by atoms with Gasteiger partial charge in [0.2, 0.25) is 0 Å². The molecule has 0 unspecified atom stereocenters. The first-order valence-electron chi connectivity index (χ1n) is 11.0. The molecule has 36 heavy (non-hydrogen) atoms. The number of halogens is 1. The number of carbonyl (C=O) groups excluding carboxylic acids is 1. The second-order valence-electron chi connectivity index (χ2n) is 7.65. The Hall–Kier alpha value is -3.08. The summed E-state index contributed by atoms with van der Waals surface area (Å²) in [5.74, 6) is 0.789.